The third kappa shape index (κ3) is 6.58. The van der Waals surface area contributed by atoms with Gasteiger partial charge in [0, 0.05) is 48.7 Å². The Balaban J connectivity index is 1.46. The van der Waals surface area contributed by atoms with Gasteiger partial charge in [-0.2, -0.15) is 0 Å². The third-order valence-electron chi connectivity index (χ3n) is 5.66. The third-order valence-corrected chi connectivity index (χ3v) is 5.66. The average molecular weight is 505 g/mol. The van der Waals surface area contributed by atoms with Gasteiger partial charge in [0.25, 0.3) is 0 Å². The first-order valence-corrected chi connectivity index (χ1v) is 12.0. The summed E-state index contributed by atoms with van der Waals surface area (Å²) in [4.78, 5) is 35.5. The molecule has 2 aromatic heterocycles. The SMILES string of the molecule is CCNCCN(CC)C(=O)Nc1cc(Nc2ccc3ccn(C(=O)Nc4ccc(F)cc4)c3c2)ncn1. The first-order valence-electron chi connectivity index (χ1n) is 12.0. The van der Waals surface area contributed by atoms with Crippen LogP contribution in [0.15, 0.2) is 67.1 Å². The molecule has 11 heteroatoms. The van der Waals surface area contributed by atoms with E-state index in [9.17, 15) is 14.0 Å². The van der Waals surface area contributed by atoms with Crippen LogP contribution in [0.4, 0.5) is 37.0 Å². The number of carbonyl (C=O) groups is 2. The number of hydrogen-bond acceptors (Lipinski definition) is 6. The number of likely N-dealkylation sites (N-methyl/N-ethyl adjacent to an activating group) is 2. The van der Waals surface area contributed by atoms with Gasteiger partial charge >= 0.3 is 12.1 Å². The summed E-state index contributed by atoms with van der Waals surface area (Å²) in [5.41, 5.74) is 1.85. The lowest BCUT2D eigenvalue weighted by Gasteiger charge is -2.21. The van der Waals surface area contributed by atoms with Gasteiger partial charge in [0.1, 0.15) is 23.8 Å². The van der Waals surface area contributed by atoms with Crippen LogP contribution < -0.4 is 21.3 Å². The van der Waals surface area contributed by atoms with Gasteiger partial charge in [0.05, 0.1) is 5.52 Å². The minimum absolute atomic E-state index is 0.239. The van der Waals surface area contributed by atoms with E-state index in [1.165, 1.54) is 35.2 Å². The van der Waals surface area contributed by atoms with Crippen molar-refractivity contribution in [3.05, 3.63) is 72.9 Å². The minimum atomic E-state index is -0.375. The van der Waals surface area contributed by atoms with Gasteiger partial charge in [-0.05, 0) is 55.9 Å². The zero-order chi connectivity index (χ0) is 26.2. The van der Waals surface area contributed by atoms with Crippen molar-refractivity contribution in [3.63, 3.8) is 0 Å². The average Bonchev–Trinajstić information content (AvgIpc) is 3.32. The zero-order valence-electron chi connectivity index (χ0n) is 20.7. The molecule has 4 rings (SSSR count). The van der Waals surface area contributed by atoms with Gasteiger partial charge in [0.15, 0.2) is 0 Å². The van der Waals surface area contributed by atoms with E-state index in [4.69, 9.17) is 0 Å². The van der Waals surface area contributed by atoms with Crippen LogP contribution >= 0.6 is 0 Å². The Morgan fingerprint density at radius 3 is 2.46 bits per heavy atom. The summed E-state index contributed by atoms with van der Waals surface area (Å²) in [5.74, 6) is 0.473. The molecule has 0 unspecified atom stereocenters. The molecule has 0 bridgehead atoms. The molecule has 2 aromatic carbocycles. The van der Waals surface area contributed by atoms with Crippen LogP contribution in [0.3, 0.4) is 0 Å². The fourth-order valence-corrected chi connectivity index (χ4v) is 3.72. The molecular weight excluding hydrogens is 475 g/mol. The zero-order valence-corrected chi connectivity index (χ0v) is 20.7. The molecule has 37 heavy (non-hydrogen) atoms. The lowest BCUT2D eigenvalue weighted by molar-refractivity contribution is 0.214. The van der Waals surface area contributed by atoms with Crippen LogP contribution in [0.25, 0.3) is 10.9 Å². The predicted octanol–water partition coefficient (Wildman–Crippen LogP) is 4.86. The number of urea groups is 1. The molecule has 192 valence electrons. The molecular formula is C26H29FN8O2. The maximum atomic E-state index is 13.2. The minimum Gasteiger partial charge on any atom is -0.340 e. The Labute approximate surface area is 213 Å². The lowest BCUT2D eigenvalue weighted by Crippen LogP contribution is -2.39. The van der Waals surface area contributed by atoms with E-state index in [1.807, 2.05) is 38.1 Å². The van der Waals surface area contributed by atoms with E-state index >= 15 is 0 Å². The van der Waals surface area contributed by atoms with Crippen molar-refractivity contribution in [1.82, 2.24) is 24.8 Å². The highest BCUT2D eigenvalue weighted by atomic mass is 19.1. The van der Waals surface area contributed by atoms with Crippen molar-refractivity contribution in [2.45, 2.75) is 13.8 Å². The highest BCUT2D eigenvalue weighted by Crippen LogP contribution is 2.24. The van der Waals surface area contributed by atoms with Gasteiger partial charge in [-0.1, -0.05) is 13.0 Å². The van der Waals surface area contributed by atoms with Crippen molar-refractivity contribution >= 4 is 46.0 Å². The molecule has 0 saturated carbocycles. The number of halogens is 1. The molecule has 0 aliphatic carbocycles. The molecule has 10 nitrogen and oxygen atoms in total. The van der Waals surface area contributed by atoms with Crippen LogP contribution in [0.1, 0.15) is 13.8 Å². The number of benzene rings is 2. The van der Waals surface area contributed by atoms with E-state index in [0.717, 1.165) is 11.9 Å². The van der Waals surface area contributed by atoms with Gasteiger partial charge in [-0.25, -0.2) is 23.9 Å². The Bertz CT molecular complexity index is 1370. The second-order valence-corrected chi connectivity index (χ2v) is 8.17. The fraction of sp³-hybridized carbons (Fsp3) is 0.231. The first kappa shape index (κ1) is 25.6. The van der Waals surface area contributed by atoms with Crippen LogP contribution in [-0.4, -0.2) is 57.7 Å². The number of amides is 3. The smallest absolute Gasteiger partial charge is 0.330 e. The van der Waals surface area contributed by atoms with Crippen molar-refractivity contribution in [3.8, 4) is 0 Å². The van der Waals surface area contributed by atoms with Crippen molar-refractivity contribution in [1.29, 1.82) is 0 Å². The molecule has 0 fully saturated rings. The number of nitrogens with one attached hydrogen (secondary N) is 4. The van der Waals surface area contributed by atoms with Crippen molar-refractivity contribution < 1.29 is 14.0 Å². The van der Waals surface area contributed by atoms with E-state index in [-0.39, 0.29) is 17.9 Å². The normalized spacial score (nSPS) is 10.8. The number of nitrogens with zero attached hydrogens (tertiary/aromatic N) is 4. The number of anilines is 4. The summed E-state index contributed by atoms with van der Waals surface area (Å²) < 4.78 is 14.6. The largest absolute Gasteiger partial charge is 0.340 e. The number of aromatic nitrogens is 3. The number of rotatable bonds is 9. The summed E-state index contributed by atoms with van der Waals surface area (Å²) in [6.45, 7) is 6.65. The molecule has 0 aliphatic heterocycles. The van der Waals surface area contributed by atoms with Gasteiger partial charge in [-0.15, -0.1) is 0 Å². The highest BCUT2D eigenvalue weighted by Gasteiger charge is 2.13. The second-order valence-electron chi connectivity index (χ2n) is 8.17. The summed E-state index contributed by atoms with van der Waals surface area (Å²) in [7, 11) is 0. The molecule has 4 N–H and O–H groups in total. The number of hydrogen-bond donors (Lipinski definition) is 4. The van der Waals surface area contributed by atoms with E-state index < -0.39 is 0 Å². The maximum Gasteiger partial charge on any atom is 0.330 e. The van der Waals surface area contributed by atoms with E-state index in [2.05, 4.69) is 31.2 Å². The van der Waals surface area contributed by atoms with Gasteiger partial charge < -0.3 is 20.9 Å². The summed E-state index contributed by atoms with van der Waals surface area (Å²) >= 11 is 0. The Morgan fingerprint density at radius 2 is 1.70 bits per heavy atom. The molecule has 0 saturated heterocycles. The van der Waals surface area contributed by atoms with Crippen molar-refractivity contribution in [2.75, 3.05) is 42.1 Å². The Morgan fingerprint density at radius 1 is 0.946 bits per heavy atom. The lowest BCUT2D eigenvalue weighted by atomic mass is 10.2. The summed E-state index contributed by atoms with van der Waals surface area (Å²) in [5, 5.41) is 12.8. The monoisotopic (exact) mass is 504 g/mol. The van der Waals surface area contributed by atoms with Crippen molar-refractivity contribution in [2.24, 2.45) is 0 Å². The topological polar surface area (TPSA) is 116 Å². The predicted molar refractivity (Wildman–Crippen MR) is 143 cm³/mol. The molecule has 0 spiro atoms. The van der Waals surface area contributed by atoms with E-state index in [1.54, 1.807) is 17.2 Å². The Hall–Kier alpha value is -4.51. The standard InChI is InChI=1S/C26H29FN8O2/c1-3-28-12-14-34(4-2)25(36)33-24-16-23(29-17-30-24)31-21-8-5-18-11-13-35(22(18)15-21)26(37)32-20-9-6-19(27)7-10-20/h5-11,13,15-17,28H,3-4,12,14H2,1-2H3,(H,32,37)(H2,29,30,31,33,36). The van der Waals surface area contributed by atoms with E-state index in [0.29, 0.717) is 48.2 Å². The van der Waals surface area contributed by atoms with Gasteiger partial charge in [-0.3, -0.25) is 9.88 Å². The number of carbonyl (C=O) groups excluding carboxylic acids is 2. The van der Waals surface area contributed by atoms with Crippen LogP contribution in [0.2, 0.25) is 0 Å². The highest BCUT2D eigenvalue weighted by molar-refractivity contribution is 5.99. The number of fused-ring (bicyclic) bond motifs is 1. The molecule has 0 radical (unpaired) electrons. The quantitative estimate of drug-likeness (QED) is 0.242. The maximum absolute atomic E-state index is 13.2. The summed E-state index contributed by atoms with van der Waals surface area (Å²) in [6.07, 6.45) is 3.03. The van der Waals surface area contributed by atoms with Crippen LogP contribution in [0, 0.1) is 5.82 Å². The molecule has 4 aromatic rings. The second kappa shape index (κ2) is 12.0. The first-order chi connectivity index (χ1) is 18.0. The molecule has 2 heterocycles. The van der Waals surface area contributed by atoms with Crippen LogP contribution in [-0.2, 0) is 0 Å². The fourth-order valence-electron chi connectivity index (χ4n) is 3.72. The van der Waals surface area contributed by atoms with Crippen LogP contribution in [0.5, 0.6) is 0 Å². The Kier molecular flexibility index (Phi) is 8.26. The molecule has 0 aliphatic rings. The molecule has 3 amide bonds. The van der Waals surface area contributed by atoms with Gasteiger partial charge in [0.2, 0.25) is 0 Å². The molecule has 0 atom stereocenters. The summed E-state index contributed by atoms with van der Waals surface area (Å²) in [6, 6.07) is 14.0.